The minimum Gasteiger partial charge on any atom is -0.383 e. The number of aromatic nitrogens is 2. The maximum absolute atomic E-state index is 11.0. The largest absolute Gasteiger partial charge is 0.383 e. The Hall–Kier alpha value is -2.10. The molecule has 0 aliphatic rings. The van der Waals surface area contributed by atoms with Gasteiger partial charge in [0, 0.05) is 12.1 Å². The molecule has 0 radical (unpaired) electrons. The molecule has 0 fully saturated rings. The number of nitrogens with two attached hydrogens (primary N) is 1. The molecule has 82 valence electrons. The highest BCUT2D eigenvalue weighted by atomic mass is 16.1. The van der Waals surface area contributed by atoms with Crippen LogP contribution >= 0.6 is 0 Å². The predicted octanol–water partition coefficient (Wildman–Crippen LogP) is 1.96. The molecule has 0 saturated heterocycles. The molecule has 4 nitrogen and oxygen atoms in total. The van der Waals surface area contributed by atoms with Gasteiger partial charge in [-0.3, -0.25) is 4.79 Å². The van der Waals surface area contributed by atoms with Crippen molar-refractivity contribution in [3.05, 3.63) is 35.9 Å². The topological polar surface area (TPSA) is 60.9 Å². The summed E-state index contributed by atoms with van der Waals surface area (Å²) >= 11 is 0. The molecule has 0 aliphatic carbocycles. The van der Waals surface area contributed by atoms with Crippen LogP contribution in [-0.4, -0.2) is 16.1 Å². The third-order valence-electron chi connectivity index (χ3n) is 2.49. The van der Waals surface area contributed by atoms with E-state index in [2.05, 4.69) is 5.10 Å². The predicted molar refractivity (Wildman–Crippen MR) is 63.1 cm³/mol. The molecule has 1 heterocycles. The van der Waals surface area contributed by atoms with Gasteiger partial charge in [0.25, 0.3) is 0 Å². The minimum absolute atomic E-state index is 0.427. The monoisotopic (exact) mass is 215 g/mol. The van der Waals surface area contributed by atoms with E-state index in [0.717, 1.165) is 11.8 Å². The summed E-state index contributed by atoms with van der Waals surface area (Å²) < 4.78 is 1.63. The average molecular weight is 215 g/mol. The lowest BCUT2D eigenvalue weighted by molar-refractivity contribution is 0.112. The van der Waals surface area contributed by atoms with Crippen LogP contribution < -0.4 is 5.73 Å². The maximum Gasteiger partial charge on any atom is 0.156 e. The molecule has 1 aromatic heterocycles. The van der Waals surface area contributed by atoms with Crippen molar-refractivity contribution < 1.29 is 4.79 Å². The van der Waals surface area contributed by atoms with Crippen LogP contribution in [0.15, 0.2) is 30.3 Å². The van der Waals surface area contributed by atoms with Gasteiger partial charge in [-0.25, -0.2) is 4.68 Å². The molecule has 4 heteroatoms. The van der Waals surface area contributed by atoms with Crippen LogP contribution in [0.5, 0.6) is 0 Å². The second kappa shape index (κ2) is 4.18. The number of nitrogens with zero attached hydrogens (tertiary/aromatic N) is 2. The normalized spacial score (nSPS) is 10.3. The molecule has 0 unspecified atom stereocenters. The van der Waals surface area contributed by atoms with Crippen molar-refractivity contribution in [1.82, 2.24) is 9.78 Å². The van der Waals surface area contributed by atoms with Gasteiger partial charge in [-0.1, -0.05) is 30.3 Å². The zero-order chi connectivity index (χ0) is 11.5. The number of rotatable bonds is 3. The Labute approximate surface area is 93.7 Å². The van der Waals surface area contributed by atoms with Gasteiger partial charge in [0.05, 0.1) is 5.56 Å². The number of carbonyl (C=O) groups is 1. The maximum atomic E-state index is 11.0. The number of aryl methyl sites for hydroxylation is 1. The average Bonchev–Trinajstić information content (AvgIpc) is 2.66. The van der Waals surface area contributed by atoms with Crippen LogP contribution in [0.1, 0.15) is 17.3 Å². The molecule has 0 bridgehead atoms. The summed E-state index contributed by atoms with van der Waals surface area (Å²) in [5.74, 6) is 0.427. The summed E-state index contributed by atoms with van der Waals surface area (Å²) in [5.41, 5.74) is 7.85. The Balaban J connectivity index is 2.61. The summed E-state index contributed by atoms with van der Waals surface area (Å²) in [6.07, 6.45) is 0.761. The highest BCUT2D eigenvalue weighted by Crippen LogP contribution is 2.25. The number of hydrogen-bond acceptors (Lipinski definition) is 3. The Kier molecular flexibility index (Phi) is 2.72. The van der Waals surface area contributed by atoms with E-state index in [1.807, 2.05) is 37.3 Å². The molecule has 0 saturated carbocycles. The lowest BCUT2D eigenvalue weighted by atomic mass is 10.1. The molecule has 1 aromatic carbocycles. The van der Waals surface area contributed by atoms with Crippen LogP contribution in [0.2, 0.25) is 0 Å². The molecular weight excluding hydrogens is 202 g/mol. The van der Waals surface area contributed by atoms with Crippen molar-refractivity contribution in [2.45, 2.75) is 13.5 Å². The summed E-state index contributed by atoms with van der Waals surface area (Å²) in [6.45, 7) is 2.59. The van der Waals surface area contributed by atoms with Gasteiger partial charge in [0.2, 0.25) is 0 Å². The zero-order valence-corrected chi connectivity index (χ0v) is 9.05. The molecule has 16 heavy (non-hydrogen) atoms. The van der Waals surface area contributed by atoms with Crippen molar-refractivity contribution in [3.63, 3.8) is 0 Å². The van der Waals surface area contributed by atoms with Crippen LogP contribution in [0, 0.1) is 0 Å². The second-order valence-electron chi connectivity index (χ2n) is 3.45. The molecule has 0 atom stereocenters. The molecule has 2 aromatic rings. The van der Waals surface area contributed by atoms with E-state index < -0.39 is 0 Å². The third-order valence-corrected chi connectivity index (χ3v) is 2.49. The van der Waals surface area contributed by atoms with Crippen molar-refractivity contribution in [1.29, 1.82) is 0 Å². The van der Waals surface area contributed by atoms with E-state index in [9.17, 15) is 4.79 Å². The van der Waals surface area contributed by atoms with Gasteiger partial charge in [-0.15, -0.1) is 0 Å². The Morgan fingerprint density at radius 3 is 2.62 bits per heavy atom. The fourth-order valence-corrected chi connectivity index (χ4v) is 1.66. The van der Waals surface area contributed by atoms with Crippen molar-refractivity contribution >= 4 is 12.1 Å². The van der Waals surface area contributed by atoms with Gasteiger partial charge in [-0.05, 0) is 6.92 Å². The molecule has 2 N–H and O–H groups in total. The number of anilines is 1. The number of nitrogen functional groups attached to an aromatic ring is 1. The van der Waals surface area contributed by atoms with Gasteiger partial charge < -0.3 is 5.73 Å². The van der Waals surface area contributed by atoms with Crippen LogP contribution in [0.4, 0.5) is 5.82 Å². The first-order valence-corrected chi connectivity index (χ1v) is 5.14. The molecule has 0 spiro atoms. The van der Waals surface area contributed by atoms with E-state index in [1.165, 1.54) is 0 Å². The minimum atomic E-state index is 0.427. The highest BCUT2D eigenvalue weighted by Gasteiger charge is 2.15. The lowest BCUT2D eigenvalue weighted by Crippen LogP contribution is -2.02. The van der Waals surface area contributed by atoms with E-state index >= 15 is 0 Å². The SMILES string of the molecule is CCn1nc(-c2ccccc2)c(C=O)c1N. The summed E-state index contributed by atoms with van der Waals surface area (Å²) in [6, 6.07) is 9.56. The number of hydrogen-bond donors (Lipinski definition) is 1. The fourth-order valence-electron chi connectivity index (χ4n) is 1.66. The summed E-state index contributed by atoms with van der Waals surface area (Å²) in [7, 11) is 0. The van der Waals surface area contributed by atoms with E-state index in [4.69, 9.17) is 5.73 Å². The number of carbonyl (C=O) groups excluding carboxylic acids is 1. The second-order valence-corrected chi connectivity index (χ2v) is 3.45. The van der Waals surface area contributed by atoms with Crippen molar-refractivity contribution in [2.24, 2.45) is 0 Å². The van der Waals surface area contributed by atoms with Crippen LogP contribution in [0.3, 0.4) is 0 Å². The Morgan fingerprint density at radius 1 is 1.38 bits per heavy atom. The van der Waals surface area contributed by atoms with Gasteiger partial charge in [0.15, 0.2) is 6.29 Å². The first-order valence-electron chi connectivity index (χ1n) is 5.14. The van der Waals surface area contributed by atoms with E-state index in [1.54, 1.807) is 4.68 Å². The van der Waals surface area contributed by atoms with E-state index in [0.29, 0.717) is 23.6 Å². The first kappa shape index (κ1) is 10.4. The van der Waals surface area contributed by atoms with Crippen LogP contribution in [-0.2, 0) is 6.54 Å². The van der Waals surface area contributed by atoms with E-state index in [-0.39, 0.29) is 0 Å². The lowest BCUT2D eigenvalue weighted by Gasteiger charge is -1.96. The third kappa shape index (κ3) is 1.58. The molecule has 0 amide bonds. The smallest absolute Gasteiger partial charge is 0.156 e. The number of benzene rings is 1. The van der Waals surface area contributed by atoms with Gasteiger partial charge in [0.1, 0.15) is 11.5 Å². The Morgan fingerprint density at radius 2 is 2.06 bits per heavy atom. The Bertz CT molecular complexity index is 502. The molecular formula is C12H13N3O. The molecule has 2 rings (SSSR count). The zero-order valence-electron chi connectivity index (χ0n) is 9.05. The van der Waals surface area contributed by atoms with Gasteiger partial charge in [-0.2, -0.15) is 5.10 Å². The summed E-state index contributed by atoms with van der Waals surface area (Å²) in [4.78, 5) is 11.0. The quantitative estimate of drug-likeness (QED) is 0.796. The van der Waals surface area contributed by atoms with Crippen molar-refractivity contribution in [2.75, 3.05) is 5.73 Å². The van der Waals surface area contributed by atoms with Gasteiger partial charge >= 0.3 is 0 Å². The summed E-state index contributed by atoms with van der Waals surface area (Å²) in [5, 5.41) is 4.33. The first-order chi connectivity index (χ1) is 7.77. The highest BCUT2D eigenvalue weighted by molar-refractivity contribution is 5.91. The molecule has 0 aliphatic heterocycles. The van der Waals surface area contributed by atoms with Crippen molar-refractivity contribution in [3.8, 4) is 11.3 Å². The fraction of sp³-hybridized carbons (Fsp3) is 0.167. The standard InChI is InChI=1S/C12H13N3O/c1-2-15-12(13)10(8-16)11(14-15)9-6-4-3-5-7-9/h3-8H,2,13H2,1H3. The van der Waals surface area contributed by atoms with Crippen LogP contribution in [0.25, 0.3) is 11.3 Å². The number of aldehydes is 1.